The summed E-state index contributed by atoms with van der Waals surface area (Å²) in [6, 6.07) is 7.89. The van der Waals surface area contributed by atoms with Crippen LogP contribution in [0.15, 0.2) is 35.2 Å². The fourth-order valence-electron chi connectivity index (χ4n) is 1.87. The van der Waals surface area contributed by atoms with E-state index >= 15 is 0 Å². The van der Waals surface area contributed by atoms with Crippen LogP contribution < -0.4 is 5.32 Å². The second-order valence-corrected chi connectivity index (χ2v) is 6.12. The van der Waals surface area contributed by atoms with Crippen molar-refractivity contribution >= 4 is 15.7 Å². The fraction of sp³-hybridized carbons (Fsp3) is 0.364. The van der Waals surface area contributed by atoms with E-state index in [2.05, 4.69) is 5.32 Å². The number of nitrogens with one attached hydrogen (secondary N) is 1. The molecule has 1 saturated heterocycles. The van der Waals surface area contributed by atoms with Gasteiger partial charge < -0.3 is 10.4 Å². The first kappa shape index (κ1) is 12.1. The van der Waals surface area contributed by atoms with Crippen molar-refractivity contribution in [3.8, 4) is 0 Å². The summed E-state index contributed by atoms with van der Waals surface area (Å²) in [4.78, 5) is 11.4. The largest absolute Gasteiger partial charge is 0.392 e. The van der Waals surface area contributed by atoms with E-state index in [0.717, 1.165) is 0 Å². The molecule has 6 heteroatoms. The third-order valence-electron chi connectivity index (χ3n) is 2.84. The first-order valence-electron chi connectivity index (χ1n) is 5.22. The van der Waals surface area contributed by atoms with Crippen LogP contribution in [0.25, 0.3) is 0 Å². The van der Waals surface area contributed by atoms with Crippen LogP contribution in [0.1, 0.15) is 6.92 Å². The second-order valence-electron chi connectivity index (χ2n) is 4.05. The topological polar surface area (TPSA) is 83.5 Å². The fourth-order valence-corrected chi connectivity index (χ4v) is 3.70. The number of hydrogen-bond donors (Lipinski definition) is 2. The van der Waals surface area contributed by atoms with Crippen molar-refractivity contribution in [1.29, 1.82) is 0 Å². The van der Waals surface area contributed by atoms with Crippen LogP contribution in [0.2, 0.25) is 0 Å². The highest BCUT2D eigenvalue weighted by atomic mass is 32.2. The smallest absolute Gasteiger partial charge is 0.229 e. The highest BCUT2D eigenvalue weighted by molar-refractivity contribution is 7.92. The molecule has 17 heavy (non-hydrogen) atoms. The Morgan fingerprint density at radius 3 is 2.35 bits per heavy atom. The lowest BCUT2D eigenvalue weighted by molar-refractivity contribution is -0.137. The van der Waals surface area contributed by atoms with Crippen molar-refractivity contribution in [1.82, 2.24) is 5.32 Å². The van der Waals surface area contributed by atoms with Crippen LogP contribution in [0.3, 0.4) is 0 Å². The van der Waals surface area contributed by atoms with Gasteiger partial charge >= 0.3 is 0 Å². The van der Waals surface area contributed by atoms with E-state index in [0.29, 0.717) is 0 Å². The molecule has 1 aromatic rings. The summed E-state index contributed by atoms with van der Waals surface area (Å²) in [5, 5.41) is 10.7. The third kappa shape index (κ3) is 1.94. The van der Waals surface area contributed by atoms with Crippen molar-refractivity contribution in [2.45, 2.75) is 23.3 Å². The molecule has 0 bridgehead atoms. The van der Waals surface area contributed by atoms with Crippen LogP contribution in [0, 0.1) is 5.92 Å². The van der Waals surface area contributed by atoms with Crippen LogP contribution in [0.4, 0.5) is 0 Å². The first-order valence-corrected chi connectivity index (χ1v) is 6.76. The lowest BCUT2D eigenvalue weighted by Gasteiger charge is -2.37. The summed E-state index contributed by atoms with van der Waals surface area (Å²) in [6.07, 6.45) is -0.979. The monoisotopic (exact) mass is 255 g/mol. The van der Waals surface area contributed by atoms with Crippen LogP contribution >= 0.6 is 0 Å². The van der Waals surface area contributed by atoms with Crippen molar-refractivity contribution in [3.05, 3.63) is 30.3 Å². The molecule has 1 aliphatic rings. The Morgan fingerprint density at radius 2 is 1.88 bits per heavy atom. The third-order valence-corrected chi connectivity index (χ3v) is 4.85. The van der Waals surface area contributed by atoms with E-state index in [9.17, 15) is 18.3 Å². The Morgan fingerprint density at radius 1 is 1.29 bits per heavy atom. The van der Waals surface area contributed by atoms with Crippen LogP contribution in [-0.2, 0) is 14.6 Å². The Hall–Kier alpha value is -1.40. The van der Waals surface area contributed by atoms with Gasteiger partial charge in [-0.25, -0.2) is 8.42 Å². The molecule has 1 aliphatic heterocycles. The number of β-lactam (4-membered cyclic amide) rings is 1. The maximum Gasteiger partial charge on any atom is 0.229 e. The molecule has 1 amide bonds. The van der Waals surface area contributed by atoms with E-state index < -0.39 is 33.1 Å². The van der Waals surface area contributed by atoms with E-state index in [-0.39, 0.29) is 4.90 Å². The predicted octanol–water partition coefficient (Wildman–Crippen LogP) is -0.0868. The molecule has 2 rings (SSSR count). The average molecular weight is 255 g/mol. The standard InChI is InChI=1S/C11H13NO4S/c1-7(13)9-10(14)12-11(9)17(15,16)8-5-3-2-4-6-8/h2-7,9,11,13H,1H3,(H,12,14)/t7-,9-,11?/m1/s1. The minimum atomic E-state index is -3.62. The van der Waals surface area contributed by atoms with Gasteiger partial charge in [-0.1, -0.05) is 18.2 Å². The predicted molar refractivity (Wildman–Crippen MR) is 60.7 cm³/mol. The van der Waals surface area contributed by atoms with Crippen molar-refractivity contribution in [2.24, 2.45) is 5.92 Å². The molecule has 2 N–H and O–H groups in total. The molecule has 0 aliphatic carbocycles. The molecule has 92 valence electrons. The quantitative estimate of drug-likeness (QED) is 0.740. The average Bonchev–Trinajstić information content (AvgIpc) is 2.26. The van der Waals surface area contributed by atoms with Gasteiger partial charge in [0.25, 0.3) is 0 Å². The van der Waals surface area contributed by atoms with Gasteiger partial charge in [0, 0.05) is 0 Å². The summed E-state index contributed by atoms with van der Waals surface area (Å²) < 4.78 is 24.3. The molecular weight excluding hydrogens is 242 g/mol. The first-order chi connectivity index (χ1) is 7.94. The van der Waals surface area contributed by atoms with Gasteiger partial charge in [0.2, 0.25) is 5.91 Å². The maximum atomic E-state index is 12.1. The molecular formula is C11H13NO4S. The second kappa shape index (κ2) is 4.12. The van der Waals surface area contributed by atoms with E-state index in [1.165, 1.54) is 19.1 Å². The molecule has 5 nitrogen and oxygen atoms in total. The zero-order valence-corrected chi connectivity index (χ0v) is 10.0. The van der Waals surface area contributed by atoms with Gasteiger partial charge in [0.05, 0.1) is 16.9 Å². The van der Waals surface area contributed by atoms with Crippen molar-refractivity contribution < 1.29 is 18.3 Å². The number of aliphatic hydroxyl groups excluding tert-OH is 1. The molecule has 0 aromatic heterocycles. The SMILES string of the molecule is C[C@@H](O)[C@@H]1C(=O)NC1S(=O)(=O)c1ccccc1. The minimum Gasteiger partial charge on any atom is -0.392 e. The molecule has 1 aromatic carbocycles. The van der Waals surface area contributed by atoms with Gasteiger partial charge in [-0.3, -0.25) is 4.79 Å². The van der Waals surface area contributed by atoms with Crippen molar-refractivity contribution in [3.63, 3.8) is 0 Å². The zero-order valence-electron chi connectivity index (χ0n) is 9.20. The van der Waals surface area contributed by atoms with Crippen molar-refractivity contribution in [2.75, 3.05) is 0 Å². The number of benzene rings is 1. The Balaban J connectivity index is 2.33. The lowest BCUT2D eigenvalue weighted by Crippen LogP contribution is -2.64. The molecule has 0 saturated carbocycles. The van der Waals surface area contributed by atoms with E-state index in [1.54, 1.807) is 18.2 Å². The van der Waals surface area contributed by atoms with Gasteiger partial charge in [-0.05, 0) is 19.1 Å². The molecule has 0 radical (unpaired) electrons. The number of carbonyl (C=O) groups is 1. The summed E-state index contributed by atoms with van der Waals surface area (Å²) in [5.74, 6) is -1.32. The van der Waals surface area contributed by atoms with Gasteiger partial charge in [-0.15, -0.1) is 0 Å². The number of amides is 1. The number of sulfone groups is 1. The van der Waals surface area contributed by atoms with E-state index in [4.69, 9.17) is 0 Å². The van der Waals surface area contributed by atoms with E-state index in [1.807, 2.05) is 0 Å². The number of carbonyl (C=O) groups excluding carboxylic acids is 1. The highest BCUT2D eigenvalue weighted by Crippen LogP contribution is 2.28. The summed E-state index contributed by atoms with van der Waals surface area (Å²) in [5.41, 5.74) is 0. The highest BCUT2D eigenvalue weighted by Gasteiger charge is 2.50. The maximum absolute atomic E-state index is 12.1. The molecule has 1 fully saturated rings. The Labute approximate surface area is 99.4 Å². The summed E-state index contributed by atoms with van der Waals surface area (Å²) in [6.45, 7) is 1.41. The lowest BCUT2D eigenvalue weighted by atomic mass is 9.96. The van der Waals surface area contributed by atoms with Gasteiger partial charge in [0.15, 0.2) is 9.84 Å². The Kier molecular flexibility index (Phi) is 2.92. The normalized spacial score (nSPS) is 25.9. The molecule has 1 unspecified atom stereocenters. The number of aliphatic hydroxyl groups is 1. The molecule has 3 atom stereocenters. The molecule has 1 heterocycles. The minimum absolute atomic E-state index is 0.149. The molecule has 0 spiro atoms. The van der Waals surface area contributed by atoms with Gasteiger partial charge in [0.1, 0.15) is 5.37 Å². The zero-order chi connectivity index (χ0) is 12.6. The van der Waals surface area contributed by atoms with Crippen LogP contribution in [-0.4, -0.2) is 30.9 Å². The summed E-state index contributed by atoms with van der Waals surface area (Å²) >= 11 is 0. The van der Waals surface area contributed by atoms with Crippen LogP contribution in [0.5, 0.6) is 0 Å². The number of hydrogen-bond acceptors (Lipinski definition) is 4. The summed E-state index contributed by atoms with van der Waals surface area (Å²) in [7, 11) is -3.62. The van der Waals surface area contributed by atoms with Gasteiger partial charge in [-0.2, -0.15) is 0 Å². The number of rotatable bonds is 3. The Bertz CT molecular complexity index is 524.